The van der Waals surface area contributed by atoms with E-state index in [0.717, 1.165) is 49.8 Å². The maximum Gasteiger partial charge on any atom is 0.224 e. The largest absolute Gasteiger partial charge is 0.356 e. The third-order valence-corrected chi connectivity index (χ3v) is 8.17. The molecule has 1 aromatic heterocycles. The number of allylic oxidation sites excluding steroid dienone is 1. The number of anilines is 2. The van der Waals surface area contributed by atoms with E-state index in [0.29, 0.717) is 11.5 Å². The predicted molar refractivity (Wildman–Crippen MR) is 119 cm³/mol. The number of nitrogens with zero attached hydrogens (tertiary/aromatic N) is 4. The van der Waals surface area contributed by atoms with Gasteiger partial charge in [0, 0.05) is 45.0 Å². The van der Waals surface area contributed by atoms with E-state index in [-0.39, 0.29) is 0 Å². The molecule has 2 aliphatic heterocycles. The molecule has 5 nitrogen and oxygen atoms in total. The summed E-state index contributed by atoms with van der Waals surface area (Å²) in [6.07, 6.45) is 13.6. The SMILES string of the molecule is CC1(C)C2CC=C(CN3CCC(Nc4nccc(N5CCCCCC5)n4)C3)[C@@H]1C2. The van der Waals surface area contributed by atoms with Crippen molar-refractivity contribution in [3.05, 3.63) is 23.9 Å². The van der Waals surface area contributed by atoms with Crippen LogP contribution in [0, 0.1) is 17.3 Å². The number of hydrogen-bond acceptors (Lipinski definition) is 5. The Morgan fingerprint density at radius 2 is 1.97 bits per heavy atom. The van der Waals surface area contributed by atoms with Crippen LogP contribution < -0.4 is 10.2 Å². The smallest absolute Gasteiger partial charge is 0.224 e. The Labute approximate surface area is 176 Å². The molecule has 5 aliphatic rings. The lowest BCUT2D eigenvalue weighted by molar-refractivity contribution is -0.0100. The summed E-state index contributed by atoms with van der Waals surface area (Å²) in [6.45, 7) is 10.6. The lowest BCUT2D eigenvalue weighted by Crippen LogP contribution is -2.49. The van der Waals surface area contributed by atoms with Gasteiger partial charge >= 0.3 is 0 Å². The second-order valence-corrected chi connectivity index (χ2v) is 10.3. The van der Waals surface area contributed by atoms with Crippen molar-refractivity contribution in [2.45, 2.75) is 64.8 Å². The number of nitrogens with one attached hydrogen (secondary N) is 1. The minimum atomic E-state index is 0.459. The standard InChI is InChI=1S/C24H37N5/c1-24(2)19-8-7-18(21(24)15-19)16-28-14-10-20(17-28)26-23-25-11-9-22(27-23)29-12-5-3-4-6-13-29/h7,9,11,19-21H,3-6,8,10,12-17H2,1-2H3,(H,25,26,27)/t19?,20?,21-/m0/s1. The maximum absolute atomic E-state index is 4.85. The minimum absolute atomic E-state index is 0.459. The van der Waals surface area contributed by atoms with Gasteiger partial charge < -0.3 is 10.2 Å². The molecule has 0 spiro atoms. The van der Waals surface area contributed by atoms with Crippen molar-refractivity contribution in [2.75, 3.05) is 42.9 Å². The van der Waals surface area contributed by atoms with E-state index in [4.69, 9.17) is 4.98 Å². The van der Waals surface area contributed by atoms with Gasteiger partial charge in [0.2, 0.25) is 5.95 Å². The fourth-order valence-electron chi connectivity index (χ4n) is 6.09. The Hall–Kier alpha value is -1.62. The monoisotopic (exact) mass is 395 g/mol. The zero-order valence-electron chi connectivity index (χ0n) is 18.2. The summed E-state index contributed by atoms with van der Waals surface area (Å²) >= 11 is 0. The summed E-state index contributed by atoms with van der Waals surface area (Å²) in [7, 11) is 0. The summed E-state index contributed by atoms with van der Waals surface area (Å²) in [4.78, 5) is 14.4. The van der Waals surface area contributed by atoms with Gasteiger partial charge in [-0.2, -0.15) is 4.98 Å². The predicted octanol–water partition coefficient (Wildman–Crippen LogP) is 4.34. The van der Waals surface area contributed by atoms with Crippen LogP contribution in [0.1, 0.15) is 58.8 Å². The zero-order chi connectivity index (χ0) is 19.8. The van der Waals surface area contributed by atoms with Gasteiger partial charge in [-0.3, -0.25) is 4.90 Å². The van der Waals surface area contributed by atoms with Crippen LogP contribution >= 0.6 is 0 Å². The van der Waals surface area contributed by atoms with E-state index >= 15 is 0 Å². The average Bonchev–Trinajstić information content (AvgIpc) is 2.98. The molecule has 2 bridgehead atoms. The highest BCUT2D eigenvalue weighted by molar-refractivity contribution is 5.43. The number of fused-ring (bicyclic) bond motifs is 1. The Morgan fingerprint density at radius 3 is 2.72 bits per heavy atom. The van der Waals surface area contributed by atoms with Gasteiger partial charge in [-0.1, -0.05) is 38.3 Å². The van der Waals surface area contributed by atoms with E-state index in [2.05, 4.69) is 46.1 Å². The molecule has 1 saturated carbocycles. The van der Waals surface area contributed by atoms with Crippen molar-refractivity contribution in [3.63, 3.8) is 0 Å². The Balaban J connectivity index is 1.16. The Morgan fingerprint density at radius 1 is 1.14 bits per heavy atom. The second-order valence-electron chi connectivity index (χ2n) is 10.3. The molecule has 2 unspecified atom stereocenters. The Kier molecular flexibility index (Phi) is 5.27. The molecule has 2 saturated heterocycles. The van der Waals surface area contributed by atoms with Crippen LogP contribution in [0.5, 0.6) is 0 Å². The highest BCUT2D eigenvalue weighted by atomic mass is 15.3. The second kappa shape index (κ2) is 7.90. The van der Waals surface area contributed by atoms with Crippen LogP contribution in [-0.4, -0.2) is 53.6 Å². The molecule has 29 heavy (non-hydrogen) atoms. The van der Waals surface area contributed by atoms with Crippen LogP contribution in [0.2, 0.25) is 0 Å². The van der Waals surface area contributed by atoms with Gasteiger partial charge in [0.1, 0.15) is 5.82 Å². The molecule has 0 radical (unpaired) electrons. The van der Waals surface area contributed by atoms with E-state index in [1.165, 1.54) is 51.5 Å². The summed E-state index contributed by atoms with van der Waals surface area (Å²) < 4.78 is 0. The van der Waals surface area contributed by atoms with Crippen LogP contribution in [-0.2, 0) is 0 Å². The first-order valence-corrected chi connectivity index (χ1v) is 11.9. The highest BCUT2D eigenvalue weighted by Gasteiger charge is 2.51. The molecular weight excluding hydrogens is 358 g/mol. The zero-order valence-corrected chi connectivity index (χ0v) is 18.2. The lowest BCUT2D eigenvalue weighted by Gasteiger charge is -2.57. The van der Waals surface area contributed by atoms with Gasteiger partial charge in [-0.05, 0) is 55.4 Å². The first-order valence-electron chi connectivity index (χ1n) is 11.9. The molecule has 158 valence electrons. The molecule has 0 aromatic carbocycles. The normalized spacial score (nSPS) is 31.7. The van der Waals surface area contributed by atoms with E-state index < -0.39 is 0 Å². The lowest BCUT2D eigenvalue weighted by atomic mass is 9.49. The highest BCUT2D eigenvalue weighted by Crippen LogP contribution is 2.59. The molecule has 3 heterocycles. The van der Waals surface area contributed by atoms with Crippen molar-refractivity contribution in [1.82, 2.24) is 14.9 Å². The summed E-state index contributed by atoms with van der Waals surface area (Å²) in [6, 6.07) is 2.53. The summed E-state index contributed by atoms with van der Waals surface area (Å²) in [5.41, 5.74) is 2.24. The van der Waals surface area contributed by atoms with Gasteiger partial charge in [0.15, 0.2) is 0 Å². The third-order valence-electron chi connectivity index (χ3n) is 8.17. The van der Waals surface area contributed by atoms with E-state index in [1.54, 1.807) is 5.57 Å². The quantitative estimate of drug-likeness (QED) is 0.752. The topological polar surface area (TPSA) is 44.3 Å². The van der Waals surface area contributed by atoms with E-state index in [9.17, 15) is 0 Å². The van der Waals surface area contributed by atoms with Crippen LogP contribution in [0.3, 0.4) is 0 Å². The molecule has 3 aliphatic carbocycles. The van der Waals surface area contributed by atoms with Crippen LogP contribution in [0.15, 0.2) is 23.9 Å². The van der Waals surface area contributed by atoms with Crippen molar-refractivity contribution in [1.29, 1.82) is 0 Å². The molecule has 1 aromatic rings. The molecule has 3 fully saturated rings. The molecule has 1 N–H and O–H groups in total. The fraction of sp³-hybridized carbons (Fsp3) is 0.750. The molecule has 5 heteroatoms. The number of hydrogen-bond donors (Lipinski definition) is 1. The van der Waals surface area contributed by atoms with Crippen LogP contribution in [0.25, 0.3) is 0 Å². The molecular formula is C24H37N5. The van der Waals surface area contributed by atoms with Crippen LogP contribution in [0.4, 0.5) is 11.8 Å². The van der Waals surface area contributed by atoms with Gasteiger partial charge in [0.25, 0.3) is 0 Å². The molecule has 0 amide bonds. The average molecular weight is 396 g/mol. The summed E-state index contributed by atoms with van der Waals surface area (Å²) in [5, 5.41) is 3.63. The fourth-order valence-corrected chi connectivity index (χ4v) is 6.09. The minimum Gasteiger partial charge on any atom is -0.356 e. The van der Waals surface area contributed by atoms with Crippen molar-refractivity contribution < 1.29 is 0 Å². The first kappa shape index (κ1) is 19.3. The van der Waals surface area contributed by atoms with Gasteiger partial charge in [-0.25, -0.2) is 4.98 Å². The van der Waals surface area contributed by atoms with Crippen molar-refractivity contribution >= 4 is 11.8 Å². The van der Waals surface area contributed by atoms with Gasteiger partial charge in [0.05, 0.1) is 0 Å². The van der Waals surface area contributed by atoms with Gasteiger partial charge in [-0.15, -0.1) is 0 Å². The van der Waals surface area contributed by atoms with Crippen molar-refractivity contribution in [3.8, 4) is 0 Å². The number of rotatable bonds is 5. The van der Waals surface area contributed by atoms with E-state index in [1.807, 2.05) is 6.20 Å². The Bertz CT molecular complexity index is 749. The number of aromatic nitrogens is 2. The number of likely N-dealkylation sites (tertiary alicyclic amines) is 1. The van der Waals surface area contributed by atoms with Crippen molar-refractivity contribution in [2.24, 2.45) is 17.3 Å². The maximum atomic E-state index is 4.85. The third kappa shape index (κ3) is 3.90. The first-order chi connectivity index (χ1) is 14.1. The molecule has 3 atom stereocenters. The summed E-state index contributed by atoms with van der Waals surface area (Å²) in [5.74, 6) is 3.64. The molecule has 6 rings (SSSR count).